The quantitative estimate of drug-likeness (QED) is 0.415. The third-order valence-corrected chi connectivity index (χ3v) is 1.57. The smallest absolute Gasteiger partial charge is 0.323 e. The molecule has 0 aliphatic carbocycles. The Morgan fingerprint density at radius 3 is 2.36 bits per heavy atom. The number of nitrogens with zero attached hydrogens (tertiary/aromatic N) is 1. The fourth-order valence-electron chi connectivity index (χ4n) is 0.907. The maximum Gasteiger partial charge on any atom is 0.323 e. The van der Waals surface area contributed by atoms with Gasteiger partial charge >= 0.3 is 5.97 Å². The summed E-state index contributed by atoms with van der Waals surface area (Å²) in [5, 5.41) is 8.22. The molecule has 2 amide bonds. The van der Waals surface area contributed by atoms with Gasteiger partial charge in [0.15, 0.2) is 0 Å². The molecule has 1 fully saturated rings. The number of likely N-dealkylation sites (tertiary alicyclic amines) is 1. The maximum absolute atomic E-state index is 10.7. The van der Waals surface area contributed by atoms with Gasteiger partial charge in [0.2, 0.25) is 11.8 Å². The minimum atomic E-state index is -1.17. The van der Waals surface area contributed by atoms with Crippen LogP contribution >= 0.6 is 0 Å². The van der Waals surface area contributed by atoms with E-state index in [9.17, 15) is 14.4 Å². The maximum atomic E-state index is 10.7. The van der Waals surface area contributed by atoms with Gasteiger partial charge in [-0.15, -0.1) is 0 Å². The van der Waals surface area contributed by atoms with Gasteiger partial charge in [-0.1, -0.05) is 0 Å². The Balaban J connectivity index is 2.57. The monoisotopic (exact) mass is 157 g/mol. The van der Waals surface area contributed by atoms with Crippen molar-refractivity contribution in [2.75, 3.05) is 6.54 Å². The van der Waals surface area contributed by atoms with Gasteiger partial charge in [0.25, 0.3) is 0 Å². The lowest BCUT2D eigenvalue weighted by molar-refractivity contribution is -0.168. The zero-order valence-electron chi connectivity index (χ0n) is 5.90. The van der Waals surface area contributed by atoms with E-state index in [0.717, 1.165) is 4.90 Å². The second-order valence-electron chi connectivity index (χ2n) is 2.38. The van der Waals surface area contributed by atoms with Crippen LogP contribution in [0.25, 0.3) is 0 Å². The zero-order valence-corrected chi connectivity index (χ0v) is 5.90. The van der Waals surface area contributed by atoms with Gasteiger partial charge in [0, 0.05) is 0 Å². The summed E-state index contributed by atoms with van der Waals surface area (Å²) in [5.74, 6) is -2.62. The summed E-state index contributed by atoms with van der Waals surface area (Å²) >= 11 is 0. The fourth-order valence-corrected chi connectivity index (χ4v) is 0.907. The predicted octanol–water partition coefficient (Wildman–Crippen LogP) is -0.924. The second kappa shape index (κ2) is 2.34. The van der Waals surface area contributed by atoms with Crippen LogP contribution in [0.1, 0.15) is 6.92 Å². The van der Waals surface area contributed by atoms with E-state index in [4.69, 9.17) is 5.11 Å². The van der Waals surface area contributed by atoms with E-state index in [1.807, 2.05) is 0 Å². The molecule has 1 aliphatic heterocycles. The van der Waals surface area contributed by atoms with E-state index in [2.05, 4.69) is 0 Å². The van der Waals surface area contributed by atoms with E-state index >= 15 is 0 Å². The van der Waals surface area contributed by atoms with E-state index in [0.29, 0.717) is 0 Å². The van der Waals surface area contributed by atoms with Crippen LogP contribution in [-0.4, -0.2) is 34.3 Å². The first-order valence-corrected chi connectivity index (χ1v) is 3.11. The molecule has 5 heteroatoms. The number of aliphatic carboxylic acids is 1. The predicted molar refractivity (Wildman–Crippen MR) is 33.5 cm³/mol. The summed E-state index contributed by atoms with van der Waals surface area (Å²) in [6.07, 6.45) is 0. The summed E-state index contributed by atoms with van der Waals surface area (Å²) in [6, 6.07) is 0. The average Bonchev–Trinajstić information content (AvgIpc) is 1.98. The van der Waals surface area contributed by atoms with Gasteiger partial charge in [-0.25, -0.2) is 0 Å². The molecular formula is C6H7NO4. The fraction of sp³-hybridized carbons (Fsp3) is 0.500. The number of amides is 2. The second-order valence-corrected chi connectivity index (χ2v) is 2.38. The molecule has 0 unspecified atom stereocenters. The minimum absolute atomic E-state index is 0.405. The Morgan fingerprint density at radius 1 is 1.55 bits per heavy atom. The van der Waals surface area contributed by atoms with Crippen molar-refractivity contribution in [3.8, 4) is 0 Å². The van der Waals surface area contributed by atoms with Crippen molar-refractivity contribution in [2.45, 2.75) is 6.92 Å². The summed E-state index contributed by atoms with van der Waals surface area (Å²) in [5.41, 5.74) is 0. The highest BCUT2D eigenvalue weighted by Gasteiger charge is 2.43. The Bertz CT molecular complexity index is 219. The molecule has 1 saturated heterocycles. The molecular weight excluding hydrogens is 150 g/mol. The molecule has 1 N–H and O–H groups in total. The third-order valence-electron chi connectivity index (χ3n) is 1.57. The molecule has 0 aromatic heterocycles. The number of carbonyl (C=O) groups is 3. The number of β-lactam (4-membered cyclic amide) rings is 2. The molecule has 0 aromatic carbocycles. The van der Waals surface area contributed by atoms with Crippen molar-refractivity contribution in [1.29, 1.82) is 0 Å². The Labute approximate surface area is 62.6 Å². The van der Waals surface area contributed by atoms with Gasteiger partial charge in [0.1, 0.15) is 12.5 Å². The molecule has 1 rings (SSSR count). The Kier molecular flexibility index (Phi) is 1.64. The van der Waals surface area contributed by atoms with Crippen molar-refractivity contribution >= 4 is 17.8 Å². The number of rotatable bonds is 2. The van der Waals surface area contributed by atoms with Crippen LogP contribution in [0.2, 0.25) is 0 Å². The molecule has 1 aliphatic rings. The molecule has 0 spiro atoms. The SMILES string of the molecule is CC1C(=O)N(CC(=O)O)C1=O. The van der Waals surface area contributed by atoms with Gasteiger partial charge < -0.3 is 5.11 Å². The van der Waals surface area contributed by atoms with Crippen LogP contribution in [0, 0.1) is 5.92 Å². The molecule has 1 heterocycles. The molecule has 0 radical (unpaired) electrons. The first kappa shape index (κ1) is 7.71. The van der Waals surface area contributed by atoms with Crippen LogP contribution < -0.4 is 0 Å². The van der Waals surface area contributed by atoms with E-state index in [-0.39, 0.29) is 0 Å². The average molecular weight is 157 g/mol. The van der Waals surface area contributed by atoms with E-state index in [1.165, 1.54) is 6.92 Å². The van der Waals surface area contributed by atoms with Crippen LogP contribution in [0.3, 0.4) is 0 Å². The molecule has 5 nitrogen and oxygen atoms in total. The third kappa shape index (κ3) is 1.09. The molecule has 60 valence electrons. The molecule has 0 atom stereocenters. The van der Waals surface area contributed by atoms with Crippen molar-refractivity contribution in [2.24, 2.45) is 5.92 Å². The number of imide groups is 1. The Hall–Kier alpha value is -1.39. The van der Waals surface area contributed by atoms with Gasteiger partial charge in [0.05, 0.1) is 0 Å². The lowest BCUT2D eigenvalue weighted by Gasteiger charge is -2.32. The molecule has 0 saturated carbocycles. The molecule has 0 bridgehead atoms. The minimum Gasteiger partial charge on any atom is -0.480 e. The summed E-state index contributed by atoms with van der Waals surface area (Å²) < 4.78 is 0. The Morgan fingerprint density at radius 2 is 2.00 bits per heavy atom. The zero-order chi connectivity index (χ0) is 8.59. The number of carbonyl (C=O) groups excluding carboxylic acids is 2. The first-order valence-electron chi connectivity index (χ1n) is 3.11. The van der Waals surface area contributed by atoms with Crippen LogP contribution in [0.5, 0.6) is 0 Å². The number of hydrogen-bond acceptors (Lipinski definition) is 3. The lowest BCUT2D eigenvalue weighted by Crippen LogP contribution is -2.57. The molecule has 11 heavy (non-hydrogen) atoms. The highest BCUT2D eigenvalue weighted by atomic mass is 16.4. The summed E-state index contributed by atoms with van der Waals surface area (Å²) in [4.78, 5) is 32.3. The molecule has 0 aromatic rings. The van der Waals surface area contributed by atoms with Gasteiger partial charge in [-0.2, -0.15) is 0 Å². The number of carboxylic acids is 1. The topological polar surface area (TPSA) is 74.7 Å². The first-order chi connectivity index (χ1) is 5.04. The number of hydrogen-bond donors (Lipinski definition) is 1. The van der Waals surface area contributed by atoms with Gasteiger partial charge in [-0.3, -0.25) is 19.3 Å². The van der Waals surface area contributed by atoms with E-state index < -0.39 is 30.2 Å². The lowest BCUT2D eigenvalue weighted by atomic mass is 10.0. The van der Waals surface area contributed by atoms with Crippen LogP contribution in [-0.2, 0) is 14.4 Å². The van der Waals surface area contributed by atoms with Crippen molar-refractivity contribution in [3.05, 3.63) is 0 Å². The van der Waals surface area contributed by atoms with E-state index in [1.54, 1.807) is 0 Å². The largest absolute Gasteiger partial charge is 0.480 e. The highest BCUT2D eigenvalue weighted by molar-refractivity contribution is 6.18. The van der Waals surface area contributed by atoms with Gasteiger partial charge in [-0.05, 0) is 6.92 Å². The van der Waals surface area contributed by atoms with Crippen molar-refractivity contribution in [1.82, 2.24) is 4.90 Å². The standard InChI is InChI=1S/C6H7NO4/c1-3-5(10)7(6(3)11)2-4(8)9/h3H,2H2,1H3,(H,8,9). The van der Waals surface area contributed by atoms with Crippen LogP contribution in [0.15, 0.2) is 0 Å². The number of carboxylic acid groups (broad SMARTS) is 1. The highest BCUT2D eigenvalue weighted by Crippen LogP contribution is 2.17. The summed E-state index contributed by atoms with van der Waals surface area (Å²) in [6.45, 7) is 0.949. The van der Waals surface area contributed by atoms with Crippen molar-refractivity contribution in [3.63, 3.8) is 0 Å². The van der Waals surface area contributed by atoms with Crippen molar-refractivity contribution < 1.29 is 19.5 Å². The normalized spacial score (nSPS) is 18.5. The summed E-state index contributed by atoms with van der Waals surface area (Å²) in [7, 11) is 0. The van der Waals surface area contributed by atoms with Crippen LogP contribution in [0.4, 0.5) is 0 Å².